The highest BCUT2D eigenvalue weighted by Crippen LogP contribution is 2.15. The molecular weight excluding hydrogens is 340 g/mol. The van der Waals surface area contributed by atoms with Gasteiger partial charge in [0.15, 0.2) is 5.96 Å². The van der Waals surface area contributed by atoms with Gasteiger partial charge in [0, 0.05) is 31.7 Å². The van der Waals surface area contributed by atoms with Crippen molar-refractivity contribution in [2.24, 2.45) is 4.99 Å². The lowest BCUT2D eigenvalue weighted by Crippen LogP contribution is -2.48. The molecule has 0 radical (unpaired) electrons. The van der Waals surface area contributed by atoms with Crippen LogP contribution in [-0.2, 0) is 11.3 Å². The predicted molar refractivity (Wildman–Crippen MR) is 110 cm³/mol. The molecule has 150 valence electrons. The Morgan fingerprint density at radius 1 is 1.15 bits per heavy atom. The van der Waals surface area contributed by atoms with Crippen LogP contribution in [0.25, 0.3) is 0 Å². The molecule has 1 heterocycles. The Balaban J connectivity index is 1.95. The fourth-order valence-electron chi connectivity index (χ4n) is 3.17. The molecule has 27 heavy (non-hydrogen) atoms. The average Bonchev–Trinajstić information content (AvgIpc) is 2.65. The van der Waals surface area contributed by atoms with Crippen molar-refractivity contribution in [1.82, 2.24) is 15.5 Å². The van der Waals surface area contributed by atoms with Gasteiger partial charge < -0.3 is 20.3 Å². The lowest BCUT2D eigenvalue weighted by Gasteiger charge is -2.35. The SMILES string of the molecule is CCCCNC(=NCc1ccc(C(=O)N2CC(C)OC(C)C2)cc1)NCC. The minimum atomic E-state index is 0.0709. The van der Waals surface area contributed by atoms with Crippen molar-refractivity contribution >= 4 is 11.9 Å². The van der Waals surface area contributed by atoms with Crippen LogP contribution >= 0.6 is 0 Å². The number of benzene rings is 1. The number of morpholine rings is 1. The first-order chi connectivity index (χ1) is 13.0. The third kappa shape index (κ3) is 6.86. The molecule has 1 amide bonds. The van der Waals surface area contributed by atoms with Crippen LogP contribution in [0.3, 0.4) is 0 Å². The van der Waals surface area contributed by atoms with Crippen LogP contribution in [-0.4, -0.2) is 55.2 Å². The van der Waals surface area contributed by atoms with Crippen molar-refractivity contribution in [2.75, 3.05) is 26.2 Å². The third-order valence-electron chi connectivity index (χ3n) is 4.49. The molecule has 2 N–H and O–H groups in total. The first-order valence-corrected chi connectivity index (χ1v) is 10.1. The maximum atomic E-state index is 12.7. The number of hydrogen-bond donors (Lipinski definition) is 2. The van der Waals surface area contributed by atoms with E-state index >= 15 is 0 Å². The smallest absolute Gasteiger partial charge is 0.254 e. The molecule has 1 aliphatic heterocycles. The summed E-state index contributed by atoms with van der Waals surface area (Å²) in [5.41, 5.74) is 1.81. The van der Waals surface area contributed by atoms with Crippen molar-refractivity contribution in [1.29, 1.82) is 0 Å². The van der Waals surface area contributed by atoms with Crippen molar-refractivity contribution in [2.45, 2.75) is 59.3 Å². The second kappa shape index (κ2) is 10.9. The van der Waals surface area contributed by atoms with Gasteiger partial charge in [0.05, 0.1) is 18.8 Å². The molecular formula is C21H34N4O2. The van der Waals surface area contributed by atoms with Crippen molar-refractivity contribution in [3.63, 3.8) is 0 Å². The first-order valence-electron chi connectivity index (χ1n) is 10.1. The summed E-state index contributed by atoms with van der Waals surface area (Å²) in [6.07, 6.45) is 2.44. The number of hydrogen-bond acceptors (Lipinski definition) is 3. The van der Waals surface area contributed by atoms with E-state index in [1.165, 1.54) is 0 Å². The lowest BCUT2D eigenvalue weighted by molar-refractivity contribution is -0.0586. The van der Waals surface area contributed by atoms with Crippen LogP contribution in [0.5, 0.6) is 0 Å². The summed E-state index contributed by atoms with van der Waals surface area (Å²) in [6.45, 7) is 11.9. The summed E-state index contributed by atoms with van der Waals surface area (Å²) in [4.78, 5) is 19.2. The number of unbranched alkanes of at least 4 members (excludes halogenated alkanes) is 1. The van der Waals surface area contributed by atoms with Gasteiger partial charge in [0.2, 0.25) is 0 Å². The Hall–Kier alpha value is -2.08. The normalized spacial score (nSPS) is 20.4. The monoisotopic (exact) mass is 374 g/mol. The zero-order valence-corrected chi connectivity index (χ0v) is 17.1. The maximum absolute atomic E-state index is 12.7. The highest BCUT2D eigenvalue weighted by Gasteiger charge is 2.26. The number of carbonyl (C=O) groups is 1. The van der Waals surface area contributed by atoms with E-state index in [-0.39, 0.29) is 18.1 Å². The number of carbonyl (C=O) groups excluding carboxylic acids is 1. The fourth-order valence-corrected chi connectivity index (χ4v) is 3.17. The molecule has 0 aromatic heterocycles. The molecule has 6 heteroatoms. The number of amides is 1. The van der Waals surface area contributed by atoms with E-state index in [1.807, 2.05) is 43.0 Å². The van der Waals surface area contributed by atoms with Gasteiger partial charge in [-0.2, -0.15) is 0 Å². The topological polar surface area (TPSA) is 66.0 Å². The highest BCUT2D eigenvalue weighted by molar-refractivity contribution is 5.94. The van der Waals surface area contributed by atoms with E-state index in [2.05, 4.69) is 29.5 Å². The number of rotatable bonds is 7. The second-order valence-electron chi connectivity index (χ2n) is 7.14. The molecule has 0 aliphatic carbocycles. The fraction of sp³-hybridized carbons (Fsp3) is 0.619. The lowest BCUT2D eigenvalue weighted by atomic mass is 10.1. The van der Waals surface area contributed by atoms with Gasteiger partial charge in [0.25, 0.3) is 5.91 Å². The predicted octanol–water partition coefficient (Wildman–Crippen LogP) is 2.79. The van der Waals surface area contributed by atoms with E-state index in [0.717, 1.165) is 43.0 Å². The molecule has 1 aliphatic rings. The molecule has 6 nitrogen and oxygen atoms in total. The van der Waals surface area contributed by atoms with Crippen LogP contribution in [0.1, 0.15) is 56.5 Å². The molecule has 0 spiro atoms. The van der Waals surface area contributed by atoms with Gasteiger partial charge in [-0.25, -0.2) is 4.99 Å². The van der Waals surface area contributed by atoms with E-state index in [9.17, 15) is 4.79 Å². The van der Waals surface area contributed by atoms with Crippen LogP contribution in [0, 0.1) is 0 Å². The van der Waals surface area contributed by atoms with Crippen LogP contribution in [0.2, 0.25) is 0 Å². The Morgan fingerprint density at radius 3 is 2.41 bits per heavy atom. The van der Waals surface area contributed by atoms with Crippen LogP contribution in [0.15, 0.2) is 29.3 Å². The standard InChI is InChI=1S/C21H34N4O2/c1-5-7-12-23-21(22-6-2)24-13-18-8-10-19(11-9-18)20(26)25-14-16(3)27-17(4)15-25/h8-11,16-17H,5-7,12-15H2,1-4H3,(H2,22,23,24). The molecule has 0 bridgehead atoms. The van der Waals surface area contributed by atoms with Gasteiger partial charge in [-0.3, -0.25) is 4.79 Å². The summed E-state index contributed by atoms with van der Waals surface area (Å²) in [5.74, 6) is 0.906. The van der Waals surface area contributed by atoms with Gasteiger partial charge in [-0.15, -0.1) is 0 Å². The maximum Gasteiger partial charge on any atom is 0.254 e. The zero-order chi connectivity index (χ0) is 19.6. The second-order valence-corrected chi connectivity index (χ2v) is 7.14. The number of nitrogens with one attached hydrogen (secondary N) is 2. The molecule has 1 aromatic carbocycles. The minimum absolute atomic E-state index is 0.0709. The van der Waals surface area contributed by atoms with Crippen molar-refractivity contribution in [3.05, 3.63) is 35.4 Å². The van der Waals surface area contributed by atoms with Crippen LogP contribution < -0.4 is 10.6 Å². The zero-order valence-electron chi connectivity index (χ0n) is 17.1. The summed E-state index contributed by atoms with van der Waals surface area (Å²) < 4.78 is 5.71. The Kier molecular flexibility index (Phi) is 8.58. The van der Waals surface area contributed by atoms with Gasteiger partial charge in [0.1, 0.15) is 0 Å². The Morgan fingerprint density at radius 2 is 1.81 bits per heavy atom. The minimum Gasteiger partial charge on any atom is -0.372 e. The highest BCUT2D eigenvalue weighted by atomic mass is 16.5. The largest absolute Gasteiger partial charge is 0.372 e. The van der Waals surface area contributed by atoms with Gasteiger partial charge in [-0.1, -0.05) is 25.5 Å². The van der Waals surface area contributed by atoms with Crippen molar-refractivity contribution in [3.8, 4) is 0 Å². The quantitative estimate of drug-likeness (QED) is 0.438. The summed E-state index contributed by atoms with van der Waals surface area (Å²) in [7, 11) is 0. The molecule has 2 rings (SSSR count). The number of guanidine groups is 1. The number of aliphatic imine (C=N–C) groups is 1. The molecule has 2 atom stereocenters. The van der Waals surface area contributed by atoms with Crippen LogP contribution in [0.4, 0.5) is 0 Å². The van der Waals surface area contributed by atoms with E-state index in [1.54, 1.807) is 0 Å². The number of nitrogens with zero attached hydrogens (tertiary/aromatic N) is 2. The molecule has 1 saturated heterocycles. The molecule has 1 fully saturated rings. The summed E-state index contributed by atoms with van der Waals surface area (Å²) in [6, 6.07) is 7.77. The molecule has 0 saturated carbocycles. The summed E-state index contributed by atoms with van der Waals surface area (Å²) >= 11 is 0. The number of ether oxygens (including phenoxy) is 1. The Labute approximate surface area is 163 Å². The van der Waals surface area contributed by atoms with Crippen molar-refractivity contribution < 1.29 is 9.53 Å². The third-order valence-corrected chi connectivity index (χ3v) is 4.49. The average molecular weight is 375 g/mol. The first kappa shape index (κ1) is 21.2. The van der Waals surface area contributed by atoms with E-state index in [4.69, 9.17) is 4.74 Å². The van der Waals surface area contributed by atoms with Gasteiger partial charge in [-0.05, 0) is 44.9 Å². The van der Waals surface area contributed by atoms with Gasteiger partial charge >= 0.3 is 0 Å². The Bertz CT molecular complexity index is 605. The summed E-state index contributed by atoms with van der Waals surface area (Å²) in [5, 5.41) is 6.60. The molecule has 1 aromatic rings. The van der Waals surface area contributed by atoms with E-state index in [0.29, 0.717) is 19.6 Å². The molecule has 2 unspecified atom stereocenters. The van der Waals surface area contributed by atoms with E-state index < -0.39 is 0 Å².